The standard InChI is InChI=1S/C10H21N3O/c1-11-3-2-4-12(6-5-11)9-13-7-10(14)8-13/h10,14H,2-9H2,1H3. The van der Waals surface area contributed by atoms with E-state index in [2.05, 4.69) is 21.7 Å². The second-order valence-corrected chi connectivity index (χ2v) is 4.61. The number of β-amino-alcohol motifs (C(OH)–C–C–N with tert-alkyl or cyclic N) is 1. The summed E-state index contributed by atoms with van der Waals surface area (Å²) in [5.41, 5.74) is 0. The van der Waals surface area contributed by atoms with Gasteiger partial charge in [-0.2, -0.15) is 0 Å². The summed E-state index contributed by atoms with van der Waals surface area (Å²) in [6.07, 6.45) is 1.21. The summed E-state index contributed by atoms with van der Waals surface area (Å²) in [5, 5.41) is 9.18. The van der Waals surface area contributed by atoms with Crippen LogP contribution in [0.1, 0.15) is 6.42 Å². The second-order valence-electron chi connectivity index (χ2n) is 4.61. The molecule has 0 saturated carbocycles. The van der Waals surface area contributed by atoms with Crippen LogP contribution in [-0.2, 0) is 0 Å². The molecule has 0 atom stereocenters. The maximum Gasteiger partial charge on any atom is 0.0794 e. The van der Waals surface area contributed by atoms with Crippen molar-refractivity contribution >= 4 is 0 Å². The first-order valence-electron chi connectivity index (χ1n) is 5.55. The molecule has 2 rings (SSSR count). The molecule has 0 spiro atoms. The van der Waals surface area contributed by atoms with Gasteiger partial charge in [0.2, 0.25) is 0 Å². The van der Waals surface area contributed by atoms with Gasteiger partial charge in [-0.3, -0.25) is 9.80 Å². The third-order valence-electron chi connectivity index (χ3n) is 3.15. The van der Waals surface area contributed by atoms with Crippen LogP contribution in [0.25, 0.3) is 0 Å². The normalized spacial score (nSPS) is 28.7. The lowest BCUT2D eigenvalue weighted by Gasteiger charge is -2.39. The number of nitrogens with zero attached hydrogens (tertiary/aromatic N) is 3. The summed E-state index contributed by atoms with van der Waals surface area (Å²) >= 11 is 0. The minimum absolute atomic E-state index is 0.0651. The summed E-state index contributed by atoms with van der Waals surface area (Å²) in [4.78, 5) is 7.20. The lowest BCUT2D eigenvalue weighted by Crippen LogP contribution is -2.54. The number of aliphatic hydroxyl groups is 1. The summed E-state index contributed by atoms with van der Waals surface area (Å²) in [6.45, 7) is 7.55. The van der Waals surface area contributed by atoms with Gasteiger partial charge in [-0.1, -0.05) is 0 Å². The molecule has 14 heavy (non-hydrogen) atoms. The summed E-state index contributed by atoms with van der Waals surface area (Å²) in [5.74, 6) is 0. The largest absolute Gasteiger partial charge is 0.390 e. The molecular weight excluding hydrogens is 178 g/mol. The Labute approximate surface area is 86.1 Å². The minimum atomic E-state index is -0.0651. The highest BCUT2D eigenvalue weighted by Crippen LogP contribution is 2.09. The lowest BCUT2D eigenvalue weighted by molar-refractivity contribution is -0.0284. The zero-order valence-corrected chi connectivity index (χ0v) is 9.02. The van der Waals surface area contributed by atoms with Crippen molar-refractivity contribution in [1.29, 1.82) is 0 Å². The van der Waals surface area contributed by atoms with E-state index in [0.29, 0.717) is 0 Å². The molecule has 2 heterocycles. The van der Waals surface area contributed by atoms with Crippen molar-refractivity contribution in [3.8, 4) is 0 Å². The smallest absolute Gasteiger partial charge is 0.0794 e. The Morgan fingerprint density at radius 1 is 1.07 bits per heavy atom. The van der Waals surface area contributed by atoms with Crippen molar-refractivity contribution < 1.29 is 5.11 Å². The first kappa shape index (κ1) is 10.4. The van der Waals surface area contributed by atoms with E-state index < -0.39 is 0 Å². The van der Waals surface area contributed by atoms with Crippen LogP contribution in [0, 0.1) is 0 Å². The maximum absolute atomic E-state index is 9.18. The predicted molar refractivity (Wildman–Crippen MR) is 56.1 cm³/mol. The van der Waals surface area contributed by atoms with Gasteiger partial charge in [-0.05, 0) is 20.0 Å². The van der Waals surface area contributed by atoms with Gasteiger partial charge >= 0.3 is 0 Å². The van der Waals surface area contributed by atoms with E-state index in [1.807, 2.05) is 0 Å². The Kier molecular flexibility index (Phi) is 3.38. The van der Waals surface area contributed by atoms with E-state index in [1.165, 1.54) is 32.6 Å². The first-order valence-corrected chi connectivity index (χ1v) is 5.55. The Bertz CT molecular complexity index is 182. The average molecular weight is 199 g/mol. The summed E-state index contributed by atoms with van der Waals surface area (Å²) in [7, 11) is 2.19. The van der Waals surface area contributed by atoms with E-state index in [-0.39, 0.29) is 6.10 Å². The zero-order chi connectivity index (χ0) is 9.97. The molecule has 2 aliphatic heterocycles. The number of likely N-dealkylation sites (tertiary alicyclic amines) is 1. The van der Waals surface area contributed by atoms with Crippen molar-refractivity contribution in [2.45, 2.75) is 12.5 Å². The highest BCUT2D eigenvalue weighted by atomic mass is 16.3. The van der Waals surface area contributed by atoms with Gasteiger partial charge in [0.15, 0.2) is 0 Å². The van der Waals surface area contributed by atoms with E-state index in [0.717, 1.165) is 19.8 Å². The zero-order valence-electron chi connectivity index (χ0n) is 9.02. The van der Waals surface area contributed by atoms with Crippen molar-refractivity contribution in [2.24, 2.45) is 0 Å². The lowest BCUT2D eigenvalue weighted by atomic mass is 10.2. The fraction of sp³-hybridized carbons (Fsp3) is 1.00. The SMILES string of the molecule is CN1CCCN(CN2CC(O)C2)CC1. The van der Waals surface area contributed by atoms with Crippen LogP contribution in [0.2, 0.25) is 0 Å². The van der Waals surface area contributed by atoms with Crippen LogP contribution in [-0.4, -0.2) is 78.9 Å². The predicted octanol–water partition coefficient (Wildman–Crippen LogP) is -0.742. The Morgan fingerprint density at radius 3 is 2.57 bits per heavy atom. The molecule has 0 bridgehead atoms. The fourth-order valence-corrected chi connectivity index (χ4v) is 2.18. The fourth-order valence-electron chi connectivity index (χ4n) is 2.18. The number of aliphatic hydroxyl groups excluding tert-OH is 1. The third kappa shape index (κ3) is 2.67. The number of rotatable bonds is 2. The van der Waals surface area contributed by atoms with Gasteiger partial charge in [-0.15, -0.1) is 0 Å². The molecule has 0 radical (unpaired) electrons. The molecule has 4 heteroatoms. The highest BCUT2D eigenvalue weighted by Gasteiger charge is 2.26. The molecule has 0 amide bonds. The van der Waals surface area contributed by atoms with E-state index in [9.17, 15) is 5.11 Å². The Morgan fingerprint density at radius 2 is 1.86 bits per heavy atom. The van der Waals surface area contributed by atoms with Crippen LogP contribution >= 0.6 is 0 Å². The first-order chi connectivity index (χ1) is 6.74. The molecule has 0 aliphatic carbocycles. The van der Waals surface area contributed by atoms with Crippen LogP contribution in [0.4, 0.5) is 0 Å². The number of hydrogen-bond donors (Lipinski definition) is 1. The molecule has 0 aromatic heterocycles. The Hall–Kier alpha value is -0.160. The monoisotopic (exact) mass is 199 g/mol. The van der Waals surface area contributed by atoms with Crippen molar-refractivity contribution in [1.82, 2.24) is 14.7 Å². The van der Waals surface area contributed by atoms with Crippen LogP contribution in [0.15, 0.2) is 0 Å². The van der Waals surface area contributed by atoms with Crippen LogP contribution < -0.4 is 0 Å². The second kappa shape index (κ2) is 4.57. The van der Waals surface area contributed by atoms with E-state index in [1.54, 1.807) is 0 Å². The summed E-state index contributed by atoms with van der Waals surface area (Å²) < 4.78 is 0. The number of hydrogen-bond acceptors (Lipinski definition) is 4. The van der Waals surface area contributed by atoms with Gasteiger partial charge in [-0.25, -0.2) is 0 Å². The van der Waals surface area contributed by atoms with Gasteiger partial charge in [0, 0.05) is 32.7 Å². The van der Waals surface area contributed by atoms with E-state index >= 15 is 0 Å². The molecule has 1 N–H and O–H groups in total. The van der Waals surface area contributed by atoms with Crippen molar-refractivity contribution in [3.05, 3.63) is 0 Å². The molecule has 0 aromatic carbocycles. The van der Waals surface area contributed by atoms with E-state index in [4.69, 9.17) is 0 Å². The molecular formula is C10H21N3O. The minimum Gasteiger partial charge on any atom is -0.390 e. The molecule has 0 aromatic rings. The van der Waals surface area contributed by atoms with Crippen LogP contribution in [0.3, 0.4) is 0 Å². The molecule has 2 aliphatic rings. The van der Waals surface area contributed by atoms with Crippen molar-refractivity contribution in [3.63, 3.8) is 0 Å². The summed E-state index contributed by atoms with van der Waals surface area (Å²) in [6, 6.07) is 0. The molecule has 2 saturated heterocycles. The Balaban J connectivity index is 1.69. The quantitative estimate of drug-likeness (QED) is 0.634. The van der Waals surface area contributed by atoms with Gasteiger partial charge in [0.25, 0.3) is 0 Å². The average Bonchev–Trinajstić information content (AvgIpc) is 2.29. The molecule has 0 unspecified atom stereocenters. The highest BCUT2D eigenvalue weighted by molar-refractivity contribution is 4.79. The van der Waals surface area contributed by atoms with Gasteiger partial charge < -0.3 is 10.0 Å². The van der Waals surface area contributed by atoms with Gasteiger partial charge in [0.1, 0.15) is 0 Å². The van der Waals surface area contributed by atoms with Crippen LogP contribution in [0.5, 0.6) is 0 Å². The maximum atomic E-state index is 9.18. The molecule has 2 fully saturated rings. The molecule has 4 nitrogen and oxygen atoms in total. The van der Waals surface area contributed by atoms with Crippen molar-refractivity contribution in [2.75, 3.05) is 53.0 Å². The van der Waals surface area contributed by atoms with Gasteiger partial charge in [0.05, 0.1) is 12.8 Å². The number of likely N-dealkylation sites (N-methyl/N-ethyl adjacent to an activating group) is 1. The third-order valence-corrected chi connectivity index (χ3v) is 3.15. The topological polar surface area (TPSA) is 30.0 Å². The molecule has 82 valence electrons.